The molecule has 0 aliphatic rings. The topological polar surface area (TPSA) is 85.6 Å². The second-order valence-corrected chi connectivity index (χ2v) is 4.45. The van der Waals surface area contributed by atoms with Crippen LogP contribution in [0.25, 0.3) is 0 Å². The Kier molecular flexibility index (Phi) is 4.73. The van der Waals surface area contributed by atoms with Gasteiger partial charge in [-0.2, -0.15) is 0 Å². The van der Waals surface area contributed by atoms with Crippen LogP contribution in [0.3, 0.4) is 0 Å². The molecule has 2 aromatic rings. The molecule has 0 aliphatic carbocycles. The van der Waals surface area contributed by atoms with Crippen molar-refractivity contribution >= 4 is 17.6 Å². The highest BCUT2D eigenvalue weighted by Crippen LogP contribution is 2.14. The summed E-state index contributed by atoms with van der Waals surface area (Å²) in [6.45, 7) is 1.74. The van der Waals surface area contributed by atoms with E-state index in [1.165, 1.54) is 13.2 Å². The molecule has 6 heteroatoms. The number of carbonyl (C=O) groups is 2. The van der Waals surface area contributed by atoms with Crippen molar-refractivity contribution in [3.63, 3.8) is 0 Å². The molecule has 114 valence electrons. The predicted molar refractivity (Wildman–Crippen MR) is 80.1 cm³/mol. The molecule has 0 unspecified atom stereocenters. The van der Waals surface area contributed by atoms with Crippen LogP contribution >= 0.6 is 0 Å². The van der Waals surface area contributed by atoms with E-state index >= 15 is 0 Å². The van der Waals surface area contributed by atoms with Crippen LogP contribution in [-0.2, 0) is 11.2 Å². The lowest BCUT2D eigenvalue weighted by Crippen LogP contribution is -2.20. The molecule has 0 saturated carbocycles. The fourth-order valence-corrected chi connectivity index (χ4v) is 1.92. The van der Waals surface area contributed by atoms with Gasteiger partial charge < -0.3 is 14.5 Å². The zero-order valence-electron chi connectivity index (χ0n) is 12.2. The van der Waals surface area contributed by atoms with Crippen LogP contribution in [-0.4, -0.2) is 19.0 Å². The molecule has 0 atom stereocenters. The van der Waals surface area contributed by atoms with Crippen LogP contribution in [0.2, 0.25) is 0 Å². The average molecular weight is 301 g/mol. The molecular weight excluding hydrogens is 286 g/mol. The van der Waals surface area contributed by atoms with Crippen LogP contribution in [0.5, 0.6) is 0 Å². The number of amides is 1. The number of hydrogen-bond acceptors (Lipinski definition) is 5. The van der Waals surface area contributed by atoms with E-state index in [-0.39, 0.29) is 17.0 Å². The van der Waals surface area contributed by atoms with Gasteiger partial charge in [-0.1, -0.05) is 25.1 Å². The first kappa shape index (κ1) is 15.5. The third kappa shape index (κ3) is 3.22. The van der Waals surface area contributed by atoms with Crippen molar-refractivity contribution < 1.29 is 18.7 Å². The van der Waals surface area contributed by atoms with Gasteiger partial charge in [0.15, 0.2) is 0 Å². The number of benzene rings is 1. The van der Waals surface area contributed by atoms with Crippen LogP contribution in [0.1, 0.15) is 33.4 Å². The summed E-state index contributed by atoms with van der Waals surface area (Å²) >= 11 is 0. The largest absolute Gasteiger partial charge is 0.465 e. The molecule has 1 aromatic carbocycles. The lowest BCUT2D eigenvalue weighted by molar-refractivity contribution is 0.0595. The second-order valence-electron chi connectivity index (χ2n) is 4.45. The number of rotatable bonds is 4. The zero-order chi connectivity index (χ0) is 16.1. The molecule has 1 heterocycles. The summed E-state index contributed by atoms with van der Waals surface area (Å²) in [5.74, 6) is -0.877. The van der Waals surface area contributed by atoms with Crippen LogP contribution < -0.4 is 10.9 Å². The second kappa shape index (κ2) is 6.71. The van der Waals surface area contributed by atoms with E-state index in [1.54, 1.807) is 37.3 Å². The molecule has 1 aromatic heterocycles. The Morgan fingerprint density at radius 2 is 1.91 bits per heavy atom. The minimum Gasteiger partial charge on any atom is -0.465 e. The van der Waals surface area contributed by atoms with E-state index in [0.29, 0.717) is 12.0 Å². The van der Waals surface area contributed by atoms with Gasteiger partial charge in [0.1, 0.15) is 17.0 Å². The summed E-state index contributed by atoms with van der Waals surface area (Å²) in [4.78, 5) is 35.7. The highest BCUT2D eigenvalue weighted by molar-refractivity contribution is 6.04. The molecular formula is C16H15NO5. The Labute approximate surface area is 126 Å². The molecule has 0 aliphatic heterocycles. The Morgan fingerprint density at radius 1 is 1.23 bits per heavy atom. The number of ether oxygens (including phenoxy) is 1. The summed E-state index contributed by atoms with van der Waals surface area (Å²) in [5, 5.41) is 2.44. The van der Waals surface area contributed by atoms with Gasteiger partial charge in [-0.3, -0.25) is 4.79 Å². The van der Waals surface area contributed by atoms with Gasteiger partial charge >= 0.3 is 11.6 Å². The first-order valence-electron chi connectivity index (χ1n) is 6.68. The SMILES string of the molecule is CCc1oc(=O)c(NC(=O)c2ccccc2)cc1C(=O)OC. The van der Waals surface area contributed by atoms with Crippen molar-refractivity contribution in [3.05, 3.63) is 63.7 Å². The lowest BCUT2D eigenvalue weighted by atomic mass is 10.1. The molecule has 0 radical (unpaired) electrons. The monoisotopic (exact) mass is 301 g/mol. The molecule has 6 nitrogen and oxygen atoms in total. The predicted octanol–water partition coefficient (Wildman–Crippen LogP) is 2.24. The highest BCUT2D eigenvalue weighted by Gasteiger charge is 2.18. The fourth-order valence-electron chi connectivity index (χ4n) is 1.92. The van der Waals surface area contributed by atoms with E-state index in [4.69, 9.17) is 4.42 Å². The number of carbonyl (C=O) groups excluding carboxylic acids is 2. The first-order chi connectivity index (χ1) is 10.6. The molecule has 0 fully saturated rings. The smallest absolute Gasteiger partial charge is 0.359 e. The molecule has 1 amide bonds. The van der Waals surface area contributed by atoms with Crippen molar-refractivity contribution in [1.29, 1.82) is 0 Å². The maximum Gasteiger partial charge on any atom is 0.359 e. The summed E-state index contributed by atoms with van der Waals surface area (Å²) in [6.07, 6.45) is 0.354. The third-order valence-electron chi connectivity index (χ3n) is 3.04. The van der Waals surface area contributed by atoms with E-state index < -0.39 is 17.5 Å². The summed E-state index contributed by atoms with van der Waals surface area (Å²) < 4.78 is 9.73. The number of methoxy groups -OCH3 is 1. The molecule has 22 heavy (non-hydrogen) atoms. The van der Waals surface area contributed by atoms with Gasteiger partial charge in [0.25, 0.3) is 5.91 Å². The standard InChI is InChI=1S/C16H15NO5/c1-3-13-11(15(19)21-2)9-12(16(20)22-13)17-14(18)10-7-5-4-6-8-10/h4-9H,3H2,1-2H3,(H,17,18). The number of hydrogen-bond donors (Lipinski definition) is 1. The summed E-state index contributed by atoms with van der Waals surface area (Å²) in [5.41, 5.74) is -0.311. The van der Waals surface area contributed by atoms with Crippen molar-refractivity contribution in [3.8, 4) is 0 Å². The maximum atomic E-state index is 12.1. The molecule has 2 rings (SSSR count). The molecule has 1 N–H and O–H groups in total. The lowest BCUT2D eigenvalue weighted by Gasteiger charge is -2.08. The van der Waals surface area contributed by atoms with Gasteiger partial charge in [-0.05, 0) is 18.2 Å². The van der Waals surface area contributed by atoms with E-state index in [0.717, 1.165) is 0 Å². The van der Waals surface area contributed by atoms with Gasteiger partial charge in [0.05, 0.1) is 7.11 Å². The molecule has 0 spiro atoms. The van der Waals surface area contributed by atoms with Crippen LogP contribution in [0.4, 0.5) is 5.69 Å². The summed E-state index contributed by atoms with van der Waals surface area (Å²) in [6, 6.07) is 9.68. The van der Waals surface area contributed by atoms with Crippen molar-refractivity contribution in [2.45, 2.75) is 13.3 Å². The Bertz CT molecular complexity index is 749. The number of nitrogens with one attached hydrogen (secondary N) is 1. The molecule has 0 saturated heterocycles. The number of anilines is 1. The number of aryl methyl sites for hydroxylation is 1. The van der Waals surface area contributed by atoms with Crippen molar-refractivity contribution in [2.24, 2.45) is 0 Å². The van der Waals surface area contributed by atoms with Gasteiger partial charge in [0.2, 0.25) is 0 Å². The first-order valence-corrected chi connectivity index (χ1v) is 6.68. The maximum absolute atomic E-state index is 12.1. The average Bonchev–Trinajstić information content (AvgIpc) is 2.56. The van der Waals surface area contributed by atoms with E-state index in [9.17, 15) is 14.4 Å². The Hall–Kier alpha value is -2.89. The van der Waals surface area contributed by atoms with Crippen LogP contribution in [0.15, 0.2) is 45.6 Å². The third-order valence-corrected chi connectivity index (χ3v) is 3.04. The Balaban J connectivity index is 2.37. The minimum atomic E-state index is -0.714. The van der Waals surface area contributed by atoms with Gasteiger partial charge in [0, 0.05) is 12.0 Å². The van der Waals surface area contributed by atoms with Crippen molar-refractivity contribution in [2.75, 3.05) is 12.4 Å². The summed E-state index contributed by atoms with van der Waals surface area (Å²) in [7, 11) is 1.23. The highest BCUT2D eigenvalue weighted by atomic mass is 16.5. The minimum absolute atomic E-state index is 0.105. The van der Waals surface area contributed by atoms with Gasteiger partial charge in [-0.15, -0.1) is 0 Å². The van der Waals surface area contributed by atoms with Crippen molar-refractivity contribution in [1.82, 2.24) is 0 Å². The normalized spacial score (nSPS) is 10.1. The van der Waals surface area contributed by atoms with Gasteiger partial charge in [-0.25, -0.2) is 9.59 Å². The number of esters is 1. The quantitative estimate of drug-likeness (QED) is 0.875. The fraction of sp³-hybridized carbons (Fsp3) is 0.188. The van der Waals surface area contributed by atoms with Crippen LogP contribution in [0, 0.1) is 0 Å². The zero-order valence-corrected chi connectivity index (χ0v) is 12.2. The van der Waals surface area contributed by atoms with E-state index in [2.05, 4.69) is 10.1 Å². The van der Waals surface area contributed by atoms with E-state index in [1.807, 2.05) is 0 Å². The molecule has 0 bridgehead atoms. The Morgan fingerprint density at radius 3 is 2.50 bits per heavy atom.